The van der Waals surface area contributed by atoms with Crippen LogP contribution < -0.4 is 5.32 Å². The van der Waals surface area contributed by atoms with E-state index in [9.17, 15) is 9.59 Å². The van der Waals surface area contributed by atoms with Gasteiger partial charge in [0.25, 0.3) is 5.91 Å². The number of aromatic nitrogens is 4. The molecule has 0 radical (unpaired) electrons. The van der Waals surface area contributed by atoms with Crippen LogP contribution in [0, 0.1) is 0 Å². The number of nitrogens with zero attached hydrogens (tertiary/aromatic N) is 5. The minimum absolute atomic E-state index is 0.000475. The number of rotatable bonds is 3. The first kappa shape index (κ1) is 17.5. The van der Waals surface area contributed by atoms with Crippen molar-refractivity contribution in [1.29, 1.82) is 0 Å². The highest BCUT2D eigenvalue weighted by Gasteiger charge is 2.48. The van der Waals surface area contributed by atoms with Crippen LogP contribution in [0.5, 0.6) is 0 Å². The summed E-state index contributed by atoms with van der Waals surface area (Å²) < 4.78 is 1.63. The second kappa shape index (κ2) is 6.80. The molecule has 1 spiro atoms. The van der Waals surface area contributed by atoms with Gasteiger partial charge in [-0.15, -0.1) is 5.10 Å². The minimum Gasteiger partial charge on any atom is -0.339 e. The molecule has 29 heavy (non-hydrogen) atoms. The van der Waals surface area contributed by atoms with E-state index in [2.05, 4.69) is 20.8 Å². The fourth-order valence-corrected chi connectivity index (χ4v) is 4.34. The van der Waals surface area contributed by atoms with Crippen molar-refractivity contribution in [3.05, 3.63) is 71.5 Å². The van der Waals surface area contributed by atoms with Crippen molar-refractivity contribution in [3.8, 4) is 0 Å². The summed E-state index contributed by atoms with van der Waals surface area (Å²) in [4.78, 5) is 27.5. The van der Waals surface area contributed by atoms with E-state index in [1.807, 2.05) is 53.4 Å². The Hall–Kier alpha value is -3.55. The van der Waals surface area contributed by atoms with E-state index in [1.54, 1.807) is 11.0 Å². The second-order valence-corrected chi connectivity index (χ2v) is 7.58. The van der Waals surface area contributed by atoms with Crippen LogP contribution in [0.25, 0.3) is 0 Å². The number of carbonyl (C=O) groups is 2. The predicted octanol–water partition coefficient (Wildman–Crippen LogP) is 1.85. The number of hydrogen-bond acceptors (Lipinski definition) is 5. The molecule has 3 heterocycles. The van der Waals surface area contributed by atoms with Crippen LogP contribution in [0.15, 0.2) is 54.9 Å². The standard InChI is InChI=1S/C21H20N6O2/c28-19(16-7-5-15(6-8-16)13-27-14-22-24-25-27)26-11-9-21(10-12-26)17-3-1-2-4-18(17)23-20(21)29/h1-8,14H,9-13H2,(H,23,29). The zero-order valence-corrected chi connectivity index (χ0v) is 15.8. The minimum atomic E-state index is -0.511. The van der Waals surface area contributed by atoms with E-state index in [0.717, 1.165) is 16.8 Å². The van der Waals surface area contributed by atoms with Crippen LogP contribution in [0.1, 0.15) is 34.3 Å². The molecule has 1 fully saturated rings. The van der Waals surface area contributed by atoms with Gasteiger partial charge in [-0.3, -0.25) is 9.59 Å². The smallest absolute Gasteiger partial charge is 0.253 e. The number of likely N-dealkylation sites (tertiary alicyclic amines) is 1. The van der Waals surface area contributed by atoms with Crippen molar-refractivity contribution in [3.63, 3.8) is 0 Å². The summed E-state index contributed by atoms with van der Waals surface area (Å²) in [5.74, 6) is 0.0539. The van der Waals surface area contributed by atoms with Gasteiger partial charge in [0, 0.05) is 24.3 Å². The van der Waals surface area contributed by atoms with E-state index in [-0.39, 0.29) is 11.8 Å². The van der Waals surface area contributed by atoms with Gasteiger partial charge in [0.2, 0.25) is 5.91 Å². The SMILES string of the molecule is O=C(c1ccc(Cn2cnnn2)cc1)N1CCC2(CC1)C(=O)Nc1ccccc12. The predicted molar refractivity (Wildman–Crippen MR) is 105 cm³/mol. The third-order valence-electron chi connectivity index (χ3n) is 5.97. The lowest BCUT2D eigenvalue weighted by atomic mass is 9.73. The number of fused-ring (bicyclic) bond motifs is 2. The number of carbonyl (C=O) groups excluding carboxylic acids is 2. The lowest BCUT2D eigenvalue weighted by molar-refractivity contribution is -0.122. The van der Waals surface area contributed by atoms with E-state index < -0.39 is 5.41 Å². The summed E-state index contributed by atoms with van der Waals surface area (Å²) in [5, 5.41) is 14.1. The lowest BCUT2D eigenvalue weighted by Crippen LogP contribution is -2.48. The molecule has 2 aliphatic rings. The number of benzene rings is 2. The Labute approximate surface area is 167 Å². The normalized spacial score (nSPS) is 17.2. The van der Waals surface area contributed by atoms with Crippen LogP contribution in [0.4, 0.5) is 5.69 Å². The van der Waals surface area contributed by atoms with Gasteiger partial charge in [0.15, 0.2) is 0 Å². The van der Waals surface area contributed by atoms with Crippen molar-refractivity contribution < 1.29 is 9.59 Å². The van der Waals surface area contributed by atoms with Crippen molar-refractivity contribution in [2.75, 3.05) is 18.4 Å². The van der Waals surface area contributed by atoms with E-state index in [1.165, 1.54) is 0 Å². The molecular weight excluding hydrogens is 368 g/mol. The van der Waals surface area contributed by atoms with E-state index in [4.69, 9.17) is 0 Å². The summed E-state index contributed by atoms with van der Waals surface area (Å²) in [7, 11) is 0. The third-order valence-corrected chi connectivity index (χ3v) is 5.97. The van der Waals surface area contributed by atoms with Gasteiger partial charge in [-0.05, 0) is 52.6 Å². The fourth-order valence-electron chi connectivity index (χ4n) is 4.34. The average molecular weight is 388 g/mol. The summed E-state index contributed by atoms with van der Waals surface area (Å²) in [6.07, 6.45) is 2.83. The molecule has 1 N–H and O–H groups in total. The Balaban J connectivity index is 1.28. The molecule has 0 unspecified atom stereocenters. The number of hydrogen-bond donors (Lipinski definition) is 1. The van der Waals surface area contributed by atoms with Gasteiger partial charge in [0.05, 0.1) is 12.0 Å². The van der Waals surface area contributed by atoms with Gasteiger partial charge < -0.3 is 10.2 Å². The molecule has 8 heteroatoms. The first-order chi connectivity index (χ1) is 14.2. The van der Waals surface area contributed by atoms with E-state index >= 15 is 0 Å². The van der Waals surface area contributed by atoms with Gasteiger partial charge in [-0.2, -0.15) is 0 Å². The second-order valence-electron chi connectivity index (χ2n) is 7.58. The molecule has 5 rings (SSSR count). The summed E-state index contributed by atoms with van der Waals surface area (Å²) >= 11 is 0. The molecule has 146 valence electrons. The molecule has 0 bridgehead atoms. The molecule has 1 saturated heterocycles. The highest BCUT2D eigenvalue weighted by Crippen LogP contribution is 2.44. The zero-order chi connectivity index (χ0) is 19.8. The first-order valence-corrected chi connectivity index (χ1v) is 9.66. The maximum Gasteiger partial charge on any atom is 0.253 e. The third kappa shape index (κ3) is 2.97. The van der Waals surface area contributed by atoms with Crippen molar-refractivity contribution >= 4 is 17.5 Å². The number of piperidine rings is 1. The van der Waals surface area contributed by atoms with Crippen LogP contribution in [0.3, 0.4) is 0 Å². The summed E-state index contributed by atoms with van der Waals surface area (Å²) in [5.41, 5.74) is 3.12. The van der Waals surface area contributed by atoms with Gasteiger partial charge in [0.1, 0.15) is 6.33 Å². The Morgan fingerprint density at radius 3 is 2.55 bits per heavy atom. The summed E-state index contributed by atoms with van der Waals surface area (Å²) in [6.45, 7) is 1.68. The van der Waals surface area contributed by atoms with Crippen molar-refractivity contribution in [2.45, 2.75) is 24.8 Å². The number of tetrazole rings is 1. The number of nitrogens with one attached hydrogen (secondary N) is 1. The van der Waals surface area contributed by atoms with Crippen LogP contribution in [0.2, 0.25) is 0 Å². The molecule has 0 saturated carbocycles. The van der Waals surface area contributed by atoms with Gasteiger partial charge in [-0.25, -0.2) is 4.68 Å². The number of para-hydroxylation sites is 1. The highest BCUT2D eigenvalue weighted by atomic mass is 16.2. The molecule has 3 aromatic rings. The Bertz CT molecular complexity index is 1050. The average Bonchev–Trinajstić information content (AvgIpc) is 3.36. The van der Waals surface area contributed by atoms with Crippen LogP contribution >= 0.6 is 0 Å². The molecular formula is C21H20N6O2. The Morgan fingerprint density at radius 1 is 1.07 bits per heavy atom. The van der Waals surface area contributed by atoms with Crippen molar-refractivity contribution in [1.82, 2.24) is 25.1 Å². The molecule has 0 aliphatic carbocycles. The topological polar surface area (TPSA) is 93.0 Å². The highest BCUT2D eigenvalue weighted by molar-refractivity contribution is 6.06. The molecule has 2 aliphatic heterocycles. The quantitative estimate of drug-likeness (QED) is 0.739. The Morgan fingerprint density at radius 2 is 1.83 bits per heavy atom. The number of amides is 2. The van der Waals surface area contributed by atoms with Gasteiger partial charge in [-0.1, -0.05) is 30.3 Å². The Kier molecular flexibility index (Phi) is 4.12. The lowest BCUT2D eigenvalue weighted by Gasteiger charge is -2.38. The number of anilines is 1. The molecule has 1 aromatic heterocycles. The zero-order valence-electron chi connectivity index (χ0n) is 15.8. The monoisotopic (exact) mass is 388 g/mol. The fraction of sp³-hybridized carbons (Fsp3) is 0.286. The first-order valence-electron chi connectivity index (χ1n) is 9.66. The van der Waals surface area contributed by atoms with Gasteiger partial charge >= 0.3 is 0 Å². The van der Waals surface area contributed by atoms with Crippen LogP contribution in [-0.4, -0.2) is 50.0 Å². The maximum atomic E-state index is 12.9. The summed E-state index contributed by atoms with van der Waals surface area (Å²) in [6, 6.07) is 15.4. The van der Waals surface area contributed by atoms with Crippen LogP contribution in [-0.2, 0) is 16.8 Å². The molecule has 0 atom stereocenters. The maximum absolute atomic E-state index is 12.9. The van der Waals surface area contributed by atoms with Crippen molar-refractivity contribution in [2.24, 2.45) is 0 Å². The largest absolute Gasteiger partial charge is 0.339 e. The molecule has 2 aromatic carbocycles. The van der Waals surface area contributed by atoms with E-state index in [0.29, 0.717) is 38.0 Å². The molecule has 2 amide bonds. The molecule has 8 nitrogen and oxygen atoms in total.